The Morgan fingerprint density at radius 3 is 2.57 bits per heavy atom. The largest absolute Gasteiger partial charge is 0.122 e. The second-order valence-electron chi connectivity index (χ2n) is 1.65. The Morgan fingerprint density at radius 2 is 2.43 bits per heavy atom. The van der Waals surface area contributed by atoms with Gasteiger partial charge in [-0.2, -0.15) is 0 Å². The van der Waals surface area contributed by atoms with Crippen LogP contribution < -0.4 is 0 Å². The highest BCUT2D eigenvalue weighted by Gasteiger charge is 1.85. The third-order valence-corrected chi connectivity index (χ3v) is 2.03. The van der Waals surface area contributed by atoms with E-state index in [1.807, 2.05) is 0 Å². The molecule has 0 aromatic rings. The maximum atomic E-state index is 3.25. The fourth-order valence-electron chi connectivity index (χ4n) is 0.526. The summed E-state index contributed by atoms with van der Waals surface area (Å²) in [5, 5.41) is 5.43. The van der Waals surface area contributed by atoms with Crippen LogP contribution in [0.2, 0.25) is 0 Å². The lowest BCUT2D eigenvalue weighted by atomic mass is 10.4. The molecular weight excluding hydrogens is 104 g/mol. The zero-order chi connectivity index (χ0) is 5.28. The Kier molecular flexibility index (Phi) is 1.18. The Bertz CT molecular complexity index is 153. The molecule has 0 fully saturated rings. The Balaban J connectivity index is 3.03. The monoisotopic (exact) mass is 112 g/mol. The molecule has 0 aromatic heterocycles. The zero-order valence-corrected chi connectivity index (χ0v) is 5.38. The molecule has 0 amide bonds. The quantitative estimate of drug-likeness (QED) is 0.419. The fourth-order valence-corrected chi connectivity index (χ4v) is 1.58. The van der Waals surface area contributed by atoms with Crippen molar-refractivity contribution in [3.8, 4) is 0 Å². The van der Waals surface area contributed by atoms with Crippen LogP contribution in [0.3, 0.4) is 0 Å². The SMILES string of the molecule is CC1=C=S(C)C=C1. The van der Waals surface area contributed by atoms with E-state index in [0.717, 1.165) is 0 Å². The summed E-state index contributed by atoms with van der Waals surface area (Å²) in [4.78, 5) is 0. The highest BCUT2D eigenvalue weighted by molar-refractivity contribution is 8.16. The van der Waals surface area contributed by atoms with Crippen molar-refractivity contribution in [3.63, 3.8) is 0 Å². The summed E-state index contributed by atoms with van der Waals surface area (Å²) in [6.07, 6.45) is 4.27. The molecule has 0 saturated heterocycles. The van der Waals surface area contributed by atoms with Crippen LogP contribution in [0.4, 0.5) is 0 Å². The molecule has 1 atom stereocenters. The minimum absolute atomic E-state index is 0.329. The molecule has 0 N–H and O–H groups in total. The molecule has 1 heterocycles. The van der Waals surface area contributed by atoms with Gasteiger partial charge in [0.15, 0.2) is 0 Å². The van der Waals surface area contributed by atoms with Crippen molar-refractivity contribution in [2.24, 2.45) is 0 Å². The van der Waals surface area contributed by atoms with Gasteiger partial charge in [0.2, 0.25) is 0 Å². The molecule has 38 valence electrons. The van der Waals surface area contributed by atoms with E-state index in [1.54, 1.807) is 0 Å². The molecule has 0 nitrogen and oxygen atoms in total. The Morgan fingerprint density at radius 1 is 1.71 bits per heavy atom. The molecule has 1 aliphatic heterocycles. The normalized spacial score (nSPS) is 27.1. The lowest BCUT2D eigenvalue weighted by molar-refractivity contribution is 1.62. The van der Waals surface area contributed by atoms with Gasteiger partial charge >= 0.3 is 0 Å². The molecule has 0 saturated carbocycles. The second-order valence-corrected chi connectivity index (χ2v) is 3.24. The maximum absolute atomic E-state index is 3.25. The van der Waals surface area contributed by atoms with Crippen LogP contribution in [0.5, 0.6) is 0 Å². The van der Waals surface area contributed by atoms with Gasteiger partial charge in [0, 0.05) is 0 Å². The second kappa shape index (κ2) is 1.69. The van der Waals surface area contributed by atoms with Crippen LogP contribution in [-0.2, 0) is 0 Å². The molecule has 0 bridgehead atoms. The summed E-state index contributed by atoms with van der Waals surface area (Å²) >= 11 is 0. The summed E-state index contributed by atoms with van der Waals surface area (Å²) in [6.45, 7) is 2.08. The van der Waals surface area contributed by atoms with Crippen molar-refractivity contribution < 1.29 is 0 Å². The van der Waals surface area contributed by atoms with Gasteiger partial charge in [-0.1, -0.05) is 5.02 Å². The average Bonchev–Trinajstić information content (AvgIpc) is 1.87. The summed E-state index contributed by atoms with van der Waals surface area (Å²) in [7, 11) is 0.329. The first-order valence-corrected chi connectivity index (χ1v) is 3.92. The van der Waals surface area contributed by atoms with Crippen molar-refractivity contribution in [2.45, 2.75) is 6.92 Å². The van der Waals surface area contributed by atoms with E-state index in [4.69, 9.17) is 0 Å². The molecule has 1 heteroatoms. The van der Waals surface area contributed by atoms with Crippen LogP contribution in [0, 0.1) is 0 Å². The van der Waals surface area contributed by atoms with Gasteiger partial charge in [-0.15, -0.1) is 10.5 Å². The van der Waals surface area contributed by atoms with Crippen molar-refractivity contribution in [3.05, 3.63) is 17.1 Å². The lowest BCUT2D eigenvalue weighted by Crippen LogP contribution is -1.56. The molecule has 0 spiro atoms. The van der Waals surface area contributed by atoms with E-state index in [-0.39, 0.29) is 0 Å². The number of hydrogen-bond acceptors (Lipinski definition) is 0. The van der Waals surface area contributed by atoms with Gasteiger partial charge in [0.05, 0.1) is 0 Å². The predicted octanol–water partition coefficient (Wildman–Crippen LogP) is 1.76. The molecule has 0 aliphatic carbocycles. The van der Waals surface area contributed by atoms with Crippen molar-refractivity contribution in [2.75, 3.05) is 6.26 Å². The van der Waals surface area contributed by atoms with E-state index in [9.17, 15) is 0 Å². The summed E-state index contributed by atoms with van der Waals surface area (Å²) in [6, 6.07) is 0. The van der Waals surface area contributed by atoms with Gasteiger partial charge in [-0.25, -0.2) is 0 Å². The highest BCUT2D eigenvalue weighted by atomic mass is 32.2. The third-order valence-electron chi connectivity index (χ3n) is 0.844. The van der Waals surface area contributed by atoms with Gasteiger partial charge < -0.3 is 0 Å². The first kappa shape index (κ1) is 4.89. The van der Waals surface area contributed by atoms with Gasteiger partial charge in [0.1, 0.15) is 0 Å². The molecule has 1 rings (SSSR count). The van der Waals surface area contributed by atoms with Crippen molar-refractivity contribution in [1.29, 1.82) is 0 Å². The molecule has 0 aromatic carbocycles. The van der Waals surface area contributed by atoms with Gasteiger partial charge in [-0.3, -0.25) is 0 Å². The van der Waals surface area contributed by atoms with Crippen LogP contribution >= 0.6 is 10.5 Å². The summed E-state index contributed by atoms with van der Waals surface area (Å²) in [5.74, 6) is 0. The average molecular weight is 112 g/mol. The van der Waals surface area contributed by atoms with Crippen molar-refractivity contribution in [1.82, 2.24) is 0 Å². The van der Waals surface area contributed by atoms with E-state index in [0.29, 0.717) is 10.5 Å². The summed E-state index contributed by atoms with van der Waals surface area (Å²) < 4.78 is 0. The molecule has 0 radical (unpaired) electrons. The van der Waals surface area contributed by atoms with E-state index in [1.165, 1.54) is 5.57 Å². The highest BCUT2D eigenvalue weighted by Crippen LogP contribution is 2.13. The minimum Gasteiger partial charge on any atom is -0.122 e. The molecule has 1 unspecified atom stereocenters. The van der Waals surface area contributed by atoms with Gasteiger partial charge in [-0.05, 0) is 30.2 Å². The third kappa shape index (κ3) is 1.05. The summed E-state index contributed by atoms with van der Waals surface area (Å²) in [5.41, 5.74) is 1.28. The molecule has 7 heavy (non-hydrogen) atoms. The topological polar surface area (TPSA) is 0 Å². The standard InChI is InChI=1S/C6H8S/c1-6-3-4-7(2)5-6/h3-4H,1-2H3. The van der Waals surface area contributed by atoms with E-state index < -0.39 is 0 Å². The van der Waals surface area contributed by atoms with Crippen LogP contribution in [0.15, 0.2) is 17.1 Å². The molecular formula is C6H8S. The van der Waals surface area contributed by atoms with E-state index >= 15 is 0 Å². The number of hydrogen-bond donors (Lipinski definition) is 0. The molecule has 1 aliphatic rings. The van der Waals surface area contributed by atoms with Crippen molar-refractivity contribution >= 4 is 15.5 Å². The maximum Gasteiger partial charge on any atom is -0.00220 e. The van der Waals surface area contributed by atoms with Crippen LogP contribution in [-0.4, -0.2) is 11.3 Å². The zero-order valence-electron chi connectivity index (χ0n) is 4.56. The minimum atomic E-state index is 0.329. The Hall–Kier alpha value is -0.260. The smallest absolute Gasteiger partial charge is 0.00220 e. The van der Waals surface area contributed by atoms with Crippen LogP contribution in [0.1, 0.15) is 6.92 Å². The van der Waals surface area contributed by atoms with Gasteiger partial charge in [0.25, 0.3) is 0 Å². The number of rotatable bonds is 0. The first-order chi connectivity index (χ1) is 3.29. The lowest BCUT2D eigenvalue weighted by Gasteiger charge is -1.72. The number of allylic oxidation sites excluding steroid dienone is 2. The van der Waals surface area contributed by atoms with E-state index in [2.05, 4.69) is 29.7 Å². The Labute approximate surface area is 46.5 Å². The van der Waals surface area contributed by atoms with Crippen LogP contribution in [0.25, 0.3) is 0 Å². The fraction of sp³-hybridized carbons (Fsp3) is 0.333. The predicted molar refractivity (Wildman–Crippen MR) is 36.8 cm³/mol. The first-order valence-electron chi connectivity index (χ1n) is 2.22.